The Kier molecular flexibility index (Phi) is 5.93. The van der Waals surface area contributed by atoms with Crippen molar-refractivity contribution in [2.24, 2.45) is 11.7 Å². The lowest BCUT2D eigenvalue weighted by molar-refractivity contribution is -0.124. The first-order valence-electron chi connectivity index (χ1n) is 7.07. The molecule has 0 aliphatic carbocycles. The minimum Gasteiger partial charge on any atom is -0.381 e. The number of thiophene rings is 1. The highest BCUT2D eigenvalue weighted by atomic mass is 32.2. The summed E-state index contributed by atoms with van der Waals surface area (Å²) in [5.74, 6) is -0.0735. The number of sulfonamides is 1. The second kappa shape index (κ2) is 7.51. The van der Waals surface area contributed by atoms with Crippen LogP contribution in [0.25, 0.3) is 0 Å². The Morgan fingerprint density at radius 1 is 1.45 bits per heavy atom. The molecule has 9 heteroatoms. The molecular weight excluding hydrogens is 326 g/mol. The third-order valence-electron chi connectivity index (χ3n) is 3.68. The summed E-state index contributed by atoms with van der Waals surface area (Å²) in [5, 5.41) is 2.77. The van der Waals surface area contributed by atoms with Crippen LogP contribution in [0.5, 0.6) is 0 Å². The Morgan fingerprint density at radius 2 is 2.14 bits per heavy atom. The number of carbonyl (C=O) groups is 1. The zero-order chi connectivity index (χ0) is 16.2. The van der Waals surface area contributed by atoms with Crippen LogP contribution in [0.3, 0.4) is 0 Å². The summed E-state index contributed by atoms with van der Waals surface area (Å²) in [7, 11) is -2.07. The Morgan fingerprint density at radius 3 is 2.77 bits per heavy atom. The van der Waals surface area contributed by atoms with Gasteiger partial charge in [-0.25, -0.2) is 13.1 Å². The molecular formula is C13H21N3O4S2. The van der Waals surface area contributed by atoms with E-state index in [1.54, 1.807) is 6.07 Å². The summed E-state index contributed by atoms with van der Waals surface area (Å²) < 4.78 is 31.0. The average Bonchev–Trinajstić information content (AvgIpc) is 3.02. The monoisotopic (exact) mass is 347 g/mol. The molecule has 1 aliphatic rings. The lowest BCUT2D eigenvalue weighted by Crippen LogP contribution is -2.46. The van der Waals surface area contributed by atoms with Crippen LogP contribution in [0, 0.1) is 5.92 Å². The number of ether oxygens (including phenoxy) is 1. The molecule has 0 saturated carbocycles. The van der Waals surface area contributed by atoms with E-state index < -0.39 is 16.1 Å². The van der Waals surface area contributed by atoms with Crippen LogP contribution in [-0.4, -0.2) is 40.6 Å². The van der Waals surface area contributed by atoms with Gasteiger partial charge in [0, 0.05) is 18.1 Å². The Bertz CT molecular complexity index is 609. The quantitative estimate of drug-likeness (QED) is 0.672. The SMILES string of the molecule is CNS(=O)(=O)c1ccc(CNC(=O)C(N)C2CCOCC2)s1. The number of hydrogen-bond donors (Lipinski definition) is 3. The van der Waals surface area contributed by atoms with Gasteiger partial charge in [0.2, 0.25) is 15.9 Å². The van der Waals surface area contributed by atoms with Crippen molar-refractivity contribution < 1.29 is 17.9 Å². The fourth-order valence-electron chi connectivity index (χ4n) is 2.28. The highest BCUT2D eigenvalue weighted by Gasteiger charge is 2.26. The van der Waals surface area contributed by atoms with Crippen LogP contribution in [0.15, 0.2) is 16.3 Å². The van der Waals surface area contributed by atoms with Gasteiger partial charge >= 0.3 is 0 Å². The molecule has 2 heterocycles. The van der Waals surface area contributed by atoms with E-state index in [9.17, 15) is 13.2 Å². The molecule has 1 saturated heterocycles. The molecule has 1 aliphatic heterocycles. The lowest BCUT2D eigenvalue weighted by Gasteiger charge is -2.26. The molecule has 4 N–H and O–H groups in total. The van der Waals surface area contributed by atoms with Crippen molar-refractivity contribution >= 4 is 27.3 Å². The summed E-state index contributed by atoms with van der Waals surface area (Å²) >= 11 is 1.13. The number of nitrogens with two attached hydrogens (primary N) is 1. The number of nitrogens with one attached hydrogen (secondary N) is 2. The van der Waals surface area contributed by atoms with Gasteiger partial charge < -0.3 is 15.8 Å². The van der Waals surface area contributed by atoms with Crippen molar-refractivity contribution in [3.8, 4) is 0 Å². The Labute approximate surface area is 134 Å². The van der Waals surface area contributed by atoms with Crippen LogP contribution in [0.2, 0.25) is 0 Å². The van der Waals surface area contributed by atoms with E-state index in [0.717, 1.165) is 29.1 Å². The molecule has 0 bridgehead atoms. The molecule has 0 aromatic carbocycles. The van der Waals surface area contributed by atoms with Gasteiger partial charge in [0.15, 0.2) is 0 Å². The molecule has 2 rings (SSSR count). The molecule has 1 aromatic rings. The molecule has 0 radical (unpaired) electrons. The predicted octanol–water partition coefficient (Wildman–Crippen LogP) is 0.0263. The van der Waals surface area contributed by atoms with Crippen molar-refractivity contribution in [2.45, 2.75) is 29.6 Å². The van der Waals surface area contributed by atoms with Gasteiger partial charge in [0.05, 0.1) is 12.6 Å². The number of rotatable bonds is 6. The minimum absolute atomic E-state index is 0.136. The molecule has 1 atom stereocenters. The van der Waals surface area contributed by atoms with E-state index in [-0.39, 0.29) is 22.6 Å². The largest absolute Gasteiger partial charge is 0.381 e. The molecule has 1 amide bonds. The Balaban J connectivity index is 1.88. The van der Waals surface area contributed by atoms with E-state index in [1.165, 1.54) is 13.1 Å². The van der Waals surface area contributed by atoms with Crippen molar-refractivity contribution in [1.82, 2.24) is 10.0 Å². The van der Waals surface area contributed by atoms with Gasteiger partial charge in [-0.2, -0.15) is 0 Å². The third-order valence-corrected chi connectivity index (χ3v) is 6.68. The first-order chi connectivity index (χ1) is 10.4. The van der Waals surface area contributed by atoms with Crippen molar-refractivity contribution in [3.63, 3.8) is 0 Å². The molecule has 7 nitrogen and oxygen atoms in total. The van der Waals surface area contributed by atoms with Crippen LogP contribution in [0.4, 0.5) is 0 Å². The van der Waals surface area contributed by atoms with Gasteiger partial charge in [0.25, 0.3) is 0 Å². The molecule has 0 spiro atoms. The Hall–Kier alpha value is -1.00. The minimum atomic E-state index is -3.43. The maximum absolute atomic E-state index is 12.1. The summed E-state index contributed by atoms with van der Waals surface area (Å²) in [6, 6.07) is 2.66. The third kappa shape index (κ3) is 4.26. The van der Waals surface area contributed by atoms with E-state index in [1.807, 2.05) is 0 Å². The molecule has 1 fully saturated rings. The normalized spacial score (nSPS) is 18.1. The summed E-state index contributed by atoms with van der Waals surface area (Å²) in [6.07, 6.45) is 1.58. The van der Waals surface area contributed by atoms with Crippen LogP contribution in [-0.2, 0) is 26.1 Å². The van der Waals surface area contributed by atoms with E-state index in [2.05, 4.69) is 10.0 Å². The zero-order valence-electron chi connectivity index (χ0n) is 12.4. The standard InChI is InChI=1S/C13H21N3O4S2/c1-15-22(18,19)11-3-2-10(21-11)8-16-13(17)12(14)9-4-6-20-7-5-9/h2-3,9,12,15H,4-8,14H2,1H3,(H,16,17). The predicted molar refractivity (Wildman–Crippen MR) is 83.9 cm³/mol. The summed E-state index contributed by atoms with van der Waals surface area (Å²) in [6.45, 7) is 1.56. The van der Waals surface area contributed by atoms with Crippen LogP contribution in [0.1, 0.15) is 17.7 Å². The summed E-state index contributed by atoms with van der Waals surface area (Å²) in [4.78, 5) is 12.8. The average molecular weight is 347 g/mol. The maximum atomic E-state index is 12.1. The highest BCUT2D eigenvalue weighted by Crippen LogP contribution is 2.21. The summed E-state index contributed by atoms with van der Waals surface area (Å²) in [5.41, 5.74) is 5.98. The second-order valence-corrected chi connectivity index (χ2v) is 8.40. The van der Waals surface area contributed by atoms with Crippen molar-refractivity contribution in [2.75, 3.05) is 20.3 Å². The first-order valence-corrected chi connectivity index (χ1v) is 9.37. The van der Waals surface area contributed by atoms with E-state index in [0.29, 0.717) is 13.2 Å². The molecule has 124 valence electrons. The van der Waals surface area contributed by atoms with Gasteiger partial charge in [0.1, 0.15) is 4.21 Å². The number of amides is 1. The van der Waals surface area contributed by atoms with Gasteiger partial charge in [-0.3, -0.25) is 4.79 Å². The fraction of sp³-hybridized carbons (Fsp3) is 0.615. The number of hydrogen-bond acceptors (Lipinski definition) is 6. The first kappa shape index (κ1) is 17.4. The van der Waals surface area contributed by atoms with Crippen LogP contribution >= 0.6 is 11.3 Å². The molecule has 1 unspecified atom stereocenters. The van der Waals surface area contributed by atoms with E-state index >= 15 is 0 Å². The highest BCUT2D eigenvalue weighted by molar-refractivity contribution is 7.91. The smallest absolute Gasteiger partial charge is 0.249 e. The fourth-order valence-corrected chi connectivity index (χ4v) is 4.41. The zero-order valence-corrected chi connectivity index (χ0v) is 14.0. The van der Waals surface area contributed by atoms with Gasteiger partial charge in [-0.15, -0.1) is 11.3 Å². The van der Waals surface area contributed by atoms with Gasteiger partial charge in [-0.1, -0.05) is 0 Å². The van der Waals surface area contributed by atoms with E-state index in [4.69, 9.17) is 10.5 Å². The van der Waals surface area contributed by atoms with Crippen molar-refractivity contribution in [1.29, 1.82) is 0 Å². The van der Waals surface area contributed by atoms with Gasteiger partial charge in [-0.05, 0) is 37.9 Å². The van der Waals surface area contributed by atoms with Crippen LogP contribution < -0.4 is 15.8 Å². The van der Waals surface area contributed by atoms with Crippen molar-refractivity contribution in [3.05, 3.63) is 17.0 Å². The second-order valence-electron chi connectivity index (χ2n) is 5.12. The molecule has 22 heavy (non-hydrogen) atoms. The molecule has 1 aromatic heterocycles. The lowest BCUT2D eigenvalue weighted by atomic mass is 9.92. The topological polar surface area (TPSA) is 111 Å². The number of carbonyl (C=O) groups excluding carboxylic acids is 1. The maximum Gasteiger partial charge on any atom is 0.249 e.